The van der Waals surface area contributed by atoms with Gasteiger partial charge in [-0.2, -0.15) is 0 Å². The third-order valence-electron chi connectivity index (χ3n) is 1.37. The van der Waals surface area contributed by atoms with Crippen LogP contribution in [0.4, 0.5) is 0 Å². The second-order valence-electron chi connectivity index (χ2n) is 2.14. The molecular formula is C5H10N2OS. The summed E-state index contributed by atoms with van der Waals surface area (Å²) in [5, 5.41) is 5.83. The highest BCUT2D eigenvalue weighted by atomic mass is 32.2. The third kappa shape index (κ3) is 1.37. The molecule has 0 aromatic rings. The largest absolute Gasteiger partial charge is 0.328 e. The Balaban J connectivity index is 2.54. The van der Waals surface area contributed by atoms with Crippen LogP contribution in [0.5, 0.6) is 0 Å². The van der Waals surface area contributed by atoms with Crippen LogP contribution in [0.25, 0.3) is 0 Å². The van der Waals surface area contributed by atoms with E-state index in [0.29, 0.717) is 6.54 Å². The van der Waals surface area contributed by atoms with E-state index >= 15 is 0 Å². The fourth-order valence-electron chi connectivity index (χ4n) is 0.727. The van der Waals surface area contributed by atoms with Gasteiger partial charge in [0.2, 0.25) is 5.91 Å². The summed E-state index contributed by atoms with van der Waals surface area (Å²) in [5.74, 6) is 0.0758. The van der Waals surface area contributed by atoms with Crippen molar-refractivity contribution >= 4 is 17.7 Å². The van der Waals surface area contributed by atoms with Crippen LogP contribution < -0.4 is 10.6 Å². The molecule has 1 fully saturated rings. The first-order valence-corrected chi connectivity index (χ1v) is 4.00. The van der Waals surface area contributed by atoms with E-state index in [1.165, 1.54) is 0 Å². The van der Waals surface area contributed by atoms with Gasteiger partial charge in [0.15, 0.2) is 0 Å². The molecule has 0 saturated carbocycles. The van der Waals surface area contributed by atoms with Crippen molar-refractivity contribution in [1.29, 1.82) is 0 Å². The average molecular weight is 146 g/mol. The lowest BCUT2D eigenvalue weighted by molar-refractivity contribution is -0.118. The Hall–Kier alpha value is -0.220. The van der Waals surface area contributed by atoms with E-state index in [1.807, 2.05) is 13.2 Å². The second kappa shape index (κ2) is 2.19. The Bertz CT molecular complexity index is 139. The van der Waals surface area contributed by atoms with E-state index in [0.717, 1.165) is 0 Å². The van der Waals surface area contributed by atoms with Gasteiger partial charge in [-0.3, -0.25) is 10.1 Å². The van der Waals surface area contributed by atoms with Gasteiger partial charge in [-0.1, -0.05) is 0 Å². The quantitative estimate of drug-likeness (QED) is 0.535. The topological polar surface area (TPSA) is 41.1 Å². The molecular weight excluding hydrogens is 136 g/mol. The molecule has 1 amide bonds. The van der Waals surface area contributed by atoms with Crippen molar-refractivity contribution in [3.63, 3.8) is 0 Å². The Labute approximate surface area is 58.6 Å². The van der Waals surface area contributed by atoms with Gasteiger partial charge < -0.3 is 5.32 Å². The molecule has 4 heteroatoms. The summed E-state index contributed by atoms with van der Waals surface area (Å²) < 4.78 is 0. The highest BCUT2D eigenvalue weighted by molar-refractivity contribution is 7.99. The minimum Gasteiger partial charge on any atom is -0.328 e. The molecule has 52 valence electrons. The molecule has 1 unspecified atom stereocenters. The zero-order valence-corrected chi connectivity index (χ0v) is 6.34. The lowest BCUT2D eigenvalue weighted by Gasteiger charge is -2.20. The van der Waals surface area contributed by atoms with Crippen LogP contribution >= 0.6 is 11.8 Å². The molecule has 0 bridgehead atoms. The summed E-state index contributed by atoms with van der Waals surface area (Å²) in [4.78, 5) is 10.4. The standard InChI is InChI=1S/C5H10N2OS/c1-5(9-2)6-3-4(8)7-5/h6H,3H2,1-2H3,(H,7,8). The summed E-state index contributed by atoms with van der Waals surface area (Å²) in [6, 6.07) is 0. The molecule has 1 heterocycles. The smallest absolute Gasteiger partial charge is 0.236 e. The molecule has 0 spiro atoms. The number of rotatable bonds is 1. The number of hydrogen-bond acceptors (Lipinski definition) is 3. The van der Waals surface area contributed by atoms with Crippen LogP contribution in [0.2, 0.25) is 0 Å². The molecule has 1 rings (SSSR count). The van der Waals surface area contributed by atoms with Crippen molar-refractivity contribution in [3.05, 3.63) is 0 Å². The highest BCUT2D eigenvalue weighted by Crippen LogP contribution is 2.17. The maximum absolute atomic E-state index is 10.6. The highest BCUT2D eigenvalue weighted by Gasteiger charge is 2.30. The van der Waals surface area contributed by atoms with Crippen molar-refractivity contribution in [1.82, 2.24) is 10.6 Å². The number of thioether (sulfide) groups is 1. The van der Waals surface area contributed by atoms with Crippen molar-refractivity contribution in [2.45, 2.75) is 11.9 Å². The minimum atomic E-state index is -0.225. The van der Waals surface area contributed by atoms with Gasteiger partial charge in [-0.05, 0) is 13.2 Å². The van der Waals surface area contributed by atoms with Gasteiger partial charge >= 0.3 is 0 Å². The molecule has 1 saturated heterocycles. The van der Waals surface area contributed by atoms with Gasteiger partial charge in [-0.15, -0.1) is 11.8 Å². The van der Waals surface area contributed by atoms with Gasteiger partial charge in [0.1, 0.15) is 4.99 Å². The van der Waals surface area contributed by atoms with Crippen molar-refractivity contribution in [3.8, 4) is 0 Å². The van der Waals surface area contributed by atoms with Crippen molar-refractivity contribution in [2.24, 2.45) is 0 Å². The molecule has 0 aromatic carbocycles. The zero-order chi connectivity index (χ0) is 6.91. The lowest BCUT2D eigenvalue weighted by atomic mass is 10.6. The summed E-state index contributed by atoms with van der Waals surface area (Å²) in [6.07, 6.45) is 1.96. The Morgan fingerprint density at radius 1 is 1.78 bits per heavy atom. The van der Waals surface area contributed by atoms with Crippen LogP contribution in [0, 0.1) is 0 Å². The lowest BCUT2D eigenvalue weighted by Crippen LogP contribution is -2.42. The maximum Gasteiger partial charge on any atom is 0.236 e. The number of hydrogen-bond donors (Lipinski definition) is 2. The fraction of sp³-hybridized carbons (Fsp3) is 0.800. The van der Waals surface area contributed by atoms with E-state index < -0.39 is 0 Å². The molecule has 0 aliphatic carbocycles. The van der Waals surface area contributed by atoms with E-state index in [1.54, 1.807) is 11.8 Å². The first-order chi connectivity index (χ1) is 4.16. The number of carbonyl (C=O) groups is 1. The van der Waals surface area contributed by atoms with Gasteiger partial charge in [0.05, 0.1) is 6.54 Å². The fourth-order valence-corrected chi connectivity index (χ4v) is 1.16. The molecule has 3 nitrogen and oxygen atoms in total. The summed E-state index contributed by atoms with van der Waals surface area (Å²) in [5.41, 5.74) is 0. The maximum atomic E-state index is 10.6. The average Bonchev–Trinajstić information content (AvgIpc) is 2.13. The predicted molar refractivity (Wildman–Crippen MR) is 38.1 cm³/mol. The zero-order valence-electron chi connectivity index (χ0n) is 5.52. The molecule has 0 radical (unpaired) electrons. The first-order valence-electron chi connectivity index (χ1n) is 2.77. The first kappa shape index (κ1) is 6.89. The van der Waals surface area contributed by atoms with Gasteiger partial charge in [-0.25, -0.2) is 0 Å². The van der Waals surface area contributed by atoms with Crippen LogP contribution in [0.15, 0.2) is 0 Å². The van der Waals surface area contributed by atoms with E-state index in [-0.39, 0.29) is 10.9 Å². The van der Waals surface area contributed by atoms with E-state index in [9.17, 15) is 4.79 Å². The van der Waals surface area contributed by atoms with Crippen molar-refractivity contribution < 1.29 is 4.79 Å². The minimum absolute atomic E-state index is 0.0758. The normalized spacial score (nSPS) is 34.7. The SMILES string of the molecule is CSC1(C)NCC(=O)N1. The monoisotopic (exact) mass is 146 g/mol. The summed E-state index contributed by atoms with van der Waals surface area (Å²) in [6.45, 7) is 2.39. The van der Waals surface area contributed by atoms with E-state index in [2.05, 4.69) is 10.6 Å². The summed E-state index contributed by atoms with van der Waals surface area (Å²) >= 11 is 1.60. The number of carbonyl (C=O) groups excluding carboxylic acids is 1. The van der Waals surface area contributed by atoms with Crippen LogP contribution in [-0.2, 0) is 4.79 Å². The van der Waals surface area contributed by atoms with E-state index in [4.69, 9.17) is 0 Å². The molecule has 9 heavy (non-hydrogen) atoms. The summed E-state index contributed by atoms with van der Waals surface area (Å²) in [7, 11) is 0. The van der Waals surface area contributed by atoms with Crippen LogP contribution in [0.3, 0.4) is 0 Å². The molecule has 1 aliphatic heterocycles. The molecule has 1 atom stereocenters. The molecule has 0 aromatic heterocycles. The van der Waals surface area contributed by atoms with Gasteiger partial charge in [0.25, 0.3) is 0 Å². The number of nitrogens with one attached hydrogen (secondary N) is 2. The molecule has 2 N–H and O–H groups in total. The number of amides is 1. The van der Waals surface area contributed by atoms with Crippen LogP contribution in [-0.4, -0.2) is 23.7 Å². The Morgan fingerprint density at radius 3 is 2.67 bits per heavy atom. The third-order valence-corrected chi connectivity index (χ3v) is 2.44. The van der Waals surface area contributed by atoms with Crippen molar-refractivity contribution in [2.75, 3.05) is 12.8 Å². The Morgan fingerprint density at radius 2 is 2.44 bits per heavy atom. The Kier molecular flexibility index (Phi) is 1.68. The van der Waals surface area contributed by atoms with Crippen LogP contribution in [0.1, 0.15) is 6.92 Å². The second-order valence-corrected chi connectivity index (χ2v) is 3.36. The molecule has 1 aliphatic rings. The van der Waals surface area contributed by atoms with Gasteiger partial charge in [0, 0.05) is 0 Å². The predicted octanol–water partition coefficient (Wildman–Crippen LogP) is -0.258.